The molecule has 0 heterocycles. The molecule has 0 amide bonds. The number of non-ortho nitro benzene ring substituents is 1. The van der Waals surface area contributed by atoms with Crippen LogP contribution in [-0.4, -0.2) is 22.7 Å². The summed E-state index contributed by atoms with van der Waals surface area (Å²) in [6, 6.07) is 4.40. The van der Waals surface area contributed by atoms with E-state index >= 15 is 0 Å². The SMILES string of the molecule is CC(O)CCCNCc1cc([N+](=O)[O-])ccc1Cl. The molecule has 0 saturated carbocycles. The predicted molar refractivity (Wildman–Crippen MR) is 70.7 cm³/mol. The highest BCUT2D eigenvalue weighted by Crippen LogP contribution is 2.21. The number of aliphatic hydroxyl groups is 1. The van der Waals surface area contributed by atoms with E-state index in [-0.39, 0.29) is 11.8 Å². The standard InChI is InChI=1S/C12H17ClN2O3/c1-9(16)3-2-6-14-8-10-7-11(15(17)18)4-5-12(10)13/h4-5,7,9,14,16H,2-3,6,8H2,1H3. The molecule has 0 fully saturated rings. The lowest BCUT2D eigenvalue weighted by Crippen LogP contribution is -2.16. The molecule has 0 aliphatic rings. The van der Waals surface area contributed by atoms with E-state index in [2.05, 4.69) is 5.32 Å². The van der Waals surface area contributed by atoms with Crippen LogP contribution in [0.4, 0.5) is 5.69 Å². The molecule has 0 spiro atoms. The Morgan fingerprint density at radius 1 is 1.56 bits per heavy atom. The van der Waals surface area contributed by atoms with Gasteiger partial charge in [0.15, 0.2) is 0 Å². The van der Waals surface area contributed by atoms with Crippen LogP contribution in [0.2, 0.25) is 5.02 Å². The minimum atomic E-state index is -0.437. The number of rotatable bonds is 7. The normalized spacial score (nSPS) is 12.4. The van der Waals surface area contributed by atoms with E-state index in [1.54, 1.807) is 6.92 Å². The van der Waals surface area contributed by atoms with Crippen LogP contribution < -0.4 is 5.32 Å². The molecule has 0 saturated heterocycles. The topological polar surface area (TPSA) is 75.4 Å². The zero-order valence-corrected chi connectivity index (χ0v) is 11.0. The maximum Gasteiger partial charge on any atom is 0.269 e. The van der Waals surface area contributed by atoms with Crippen molar-refractivity contribution in [3.8, 4) is 0 Å². The Labute approximate surface area is 111 Å². The van der Waals surface area contributed by atoms with Crippen LogP contribution in [0, 0.1) is 10.1 Å². The molecule has 5 nitrogen and oxygen atoms in total. The summed E-state index contributed by atoms with van der Waals surface area (Å²) in [5.74, 6) is 0. The molecule has 0 aromatic heterocycles. The van der Waals surface area contributed by atoms with Crippen molar-refractivity contribution in [2.75, 3.05) is 6.54 Å². The minimum Gasteiger partial charge on any atom is -0.393 e. The van der Waals surface area contributed by atoms with Crippen LogP contribution in [0.5, 0.6) is 0 Å². The van der Waals surface area contributed by atoms with Crippen molar-refractivity contribution in [2.45, 2.75) is 32.4 Å². The van der Waals surface area contributed by atoms with Crippen LogP contribution >= 0.6 is 11.6 Å². The van der Waals surface area contributed by atoms with Crippen LogP contribution in [0.3, 0.4) is 0 Å². The van der Waals surface area contributed by atoms with E-state index in [1.807, 2.05) is 0 Å². The molecule has 1 unspecified atom stereocenters. The van der Waals surface area contributed by atoms with E-state index in [4.69, 9.17) is 16.7 Å². The van der Waals surface area contributed by atoms with Gasteiger partial charge in [0.1, 0.15) is 0 Å². The Kier molecular flexibility index (Phi) is 6.04. The lowest BCUT2D eigenvalue weighted by molar-refractivity contribution is -0.384. The molecule has 1 rings (SSSR count). The Bertz CT molecular complexity index is 410. The molecule has 2 N–H and O–H groups in total. The lowest BCUT2D eigenvalue weighted by Gasteiger charge is -2.07. The average Bonchev–Trinajstić information content (AvgIpc) is 2.30. The zero-order valence-electron chi connectivity index (χ0n) is 10.2. The molecule has 100 valence electrons. The van der Waals surface area contributed by atoms with Gasteiger partial charge in [-0.1, -0.05) is 11.6 Å². The van der Waals surface area contributed by atoms with Crippen molar-refractivity contribution in [1.82, 2.24) is 5.32 Å². The van der Waals surface area contributed by atoms with E-state index in [0.717, 1.165) is 19.4 Å². The molecule has 6 heteroatoms. The van der Waals surface area contributed by atoms with Gasteiger partial charge in [0, 0.05) is 23.7 Å². The highest BCUT2D eigenvalue weighted by atomic mass is 35.5. The summed E-state index contributed by atoms with van der Waals surface area (Å²) >= 11 is 5.96. The molecular weight excluding hydrogens is 256 g/mol. The Balaban J connectivity index is 2.46. The zero-order chi connectivity index (χ0) is 13.5. The third kappa shape index (κ3) is 5.00. The summed E-state index contributed by atoms with van der Waals surface area (Å²) in [5.41, 5.74) is 0.753. The van der Waals surface area contributed by atoms with E-state index in [1.165, 1.54) is 18.2 Å². The van der Waals surface area contributed by atoms with Gasteiger partial charge in [-0.2, -0.15) is 0 Å². The fourth-order valence-electron chi connectivity index (χ4n) is 1.56. The largest absolute Gasteiger partial charge is 0.393 e. The van der Waals surface area contributed by atoms with Crippen LogP contribution in [-0.2, 0) is 6.54 Å². The van der Waals surface area contributed by atoms with Gasteiger partial charge in [0.2, 0.25) is 0 Å². The summed E-state index contributed by atoms with van der Waals surface area (Å²) in [4.78, 5) is 10.2. The fraction of sp³-hybridized carbons (Fsp3) is 0.500. The number of hydrogen-bond acceptors (Lipinski definition) is 4. The number of nitrogens with one attached hydrogen (secondary N) is 1. The van der Waals surface area contributed by atoms with Crippen molar-refractivity contribution >= 4 is 17.3 Å². The third-order valence-electron chi connectivity index (χ3n) is 2.53. The minimum absolute atomic E-state index is 0.0418. The second-order valence-corrected chi connectivity index (χ2v) is 4.61. The second kappa shape index (κ2) is 7.31. The molecule has 0 bridgehead atoms. The maximum atomic E-state index is 10.6. The molecule has 18 heavy (non-hydrogen) atoms. The van der Waals surface area contributed by atoms with Gasteiger partial charge < -0.3 is 10.4 Å². The average molecular weight is 273 g/mol. The Morgan fingerprint density at radius 3 is 2.89 bits per heavy atom. The van der Waals surface area contributed by atoms with Gasteiger partial charge in [-0.05, 0) is 37.9 Å². The monoisotopic (exact) mass is 272 g/mol. The number of nitrogens with zero attached hydrogens (tertiary/aromatic N) is 1. The number of nitro groups is 1. The molecule has 1 aromatic carbocycles. The first-order valence-electron chi connectivity index (χ1n) is 5.82. The number of benzene rings is 1. The van der Waals surface area contributed by atoms with Gasteiger partial charge in [0.05, 0.1) is 11.0 Å². The van der Waals surface area contributed by atoms with Crippen molar-refractivity contribution in [3.05, 3.63) is 38.9 Å². The molecule has 0 aliphatic heterocycles. The van der Waals surface area contributed by atoms with Crippen LogP contribution in [0.15, 0.2) is 18.2 Å². The van der Waals surface area contributed by atoms with Crippen LogP contribution in [0.25, 0.3) is 0 Å². The maximum absolute atomic E-state index is 10.6. The van der Waals surface area contributed by atoms with Crippen molar-refractivity contribution in [1.29, 1.82) is 0 Å². The predicted octanol–water partition coefficient (Wildman–Crippen LogP) is 2.50. The third-order valence-corrected chi connectivity index (χ3v) is 2.90. The molecule has 1 atom stereocenters. The number of halogens is 1. The molecular formula is C12H17ClN2O3. The van der Waals surface area contributed by atoms with E-state index in [0.29, 0.717) is 17.1 Å². The van der Waals surface area contributed by atoms with Crippen molar-refractivity contribution < 1.29 is 10.0 Å². The first-order valence-corrected chi connectivity index (χ1v) is 6.20. The molecule has 0 radical (unpaired) electrons. The number of nitro benzene ring substituents is 1. The van der Waals surface area contributed by atoms with E-state index in [9.17, 15) is 10.1 Å². The first-order chi connectivity index (χ1) is 8.50. The summed E-state index contributed by atoms with van der Waals surface area (Å²) in [6.07, 6.45) is 1.29. The molecule has 0 aliphatic carbocycles. The van der Waals surface area contributed by atoms with Gasteiger partial charge in [-0.25, -0.2) is 0 Å². The van der Waals surface area contributed by atoms with Crippen molar-refractivity contribution in [2.24, 2.45) is 0 Å². The fourth-order valence-corrected chi connectivity index (χ4v) is 1.74. The van der Waals surface area contributed by atoms with Crippen LogP contribution in [0.1, 0.15) is 25.3 Å². The quantitative estimate of drug-likeness (QED) is 0.454. The smallest absolute Gasteiger partial charge is 0.269 e. The number of hydrogen-bond donors (Lipinski definition) is 2. The second-order valence-electron chi connectivity index (χ2n) is 4.20. The van der Waals surface area contributed by atoms with Gasteiger partial charge in [0.25, 0.3) is 5.69 Å². The highest BCUT2D eigenvalue weighted by molar-refractivity contribution is 6.31. The van der Waals surface area contributed by atoms with E-state index < -0.39 is 4.92 Å². The molecule has 1 aromatic rings. The first kappa shape index (κ1) is 14.9. The lowest BCUT2D eigenvalue weighted by atomic mass is 10.2. The van der Waals surface area contributed by atoms with Gasteiger partial charge >= 0.3 is 0 Å². The highest BCUT2D eigenvalue weighted by Gasteiger charge is 2.09. The van der Waals surface area contributed by atoms with Gasteiger partial charge in [-0.3, -0.25) is 10.1 Å². The summed E-state index contributed by atoms with van der Waals surface area (Å²) in [5, 5.41) is 23.4. The Morgan fingerprint density at radius 2 is 2.28 bits per heavy atom. The van der Waals surface area contributed by atoms with Crippen molar-refractivity contribution in [3.63, 3.8) is 0 Å². The van der Waals surface area contributed by atoms with Gasteiger partial charge in [-0.15, -0.1) is 0 Å². The summed E-state index contributed by atoms with van der Waals surface area (Å²) < 4.78 is 0. The Hall–Kier alpha value is -1.17. The summed E-state index contributed by atoms with van der Waals surface area (Å²) in [7, 11) is 0. The number of aliphatic hydroxyl groups excluding tert-OH is 1. The summed E-state index contributed by atoms with van der Waals surface area (Å²) in [6.45, 7) is 2.97.